The summed E-state index contributed by atoms with van der Waals surface area (Å²) in [4.78, 5) is 13.3. The highest BCUT2D eigenvalue weighted by atomic mass is 32.2. The molecule has 2 aliphatic heterocycles. The Morgan fingerprint density at radius 2 is 2.54 bits per heavy atom. The lowest BCUT2D eigenvalue weighted by molar-refractivity contribution is -0.145. The van der Waals surface area contributed by atoms with Crippen molar-refractivity contribution in [3.05, 3.63) is 11.6 Å². The van der Waals surface area contributed by atoms with Crippen LogP contribution in [0.25, 0.3) is 0 Å². The highest BCUT2D eigenvalue weighted by molar-refractivity contribution is 8.03. The quantitative estimate of drug-likeness (QED) is 0.691. The molecule has 2 rings (SSSR count). The summed E-state index contributed by atoms with van der Waals surface area (Å²) in [5.74, 6) is 0.408. The molecule has 0 radical (unpaired) electrons. The maximum atomic E-state index is 11.5. The number of thioether (sulfide) groups is 1. The van der Waals surface area contributed by atoms with Crippen LogP contribution in [0.4, 0.5) is 0 Å². The minimum Gasteiger partial charge on any atom is -0.328 e. The molecule has 1 amide bonds. The second-order valence-electron chi connectivity index (χ2n) is 3.57. The molecular formula is C9H14N2OS. The normalized spacial score (nSPS) is 33.1. The van der Waals surface area contributed by atoms with Gasteiger partial charge in [0.15, 0.2) is 0 Å². The Morgan fingerprint density at radius 3 is 3.23 bits per heavy atom. The number of carbonyl (C=O) groups is 1. The average Bonchev–Trinajstić information content (AvgIpc) is 2.58. The van der Waals surface area contributed by atoms with E-state index >= 15 is 0 Å². The Morgan fingerprint density at radius 1 is 1.77 bits per heavy atom. The number of amides is 1. The first kappa shape index (κ1) is 9.09. The van der Waals surface area contributed by atoms with Crippen LogP contribution in [-0.4, -0.2) is 22.2 Å². The standard InChI is InChI=1S/C9H14N2OS/c1-2-6(10)5-7-8(12)11-3-4-13-9(7)11/h3-4,6-7,9H,2,5,10H2,1H3/t6?,7?,9-/m0/s1. The van der Waals surface area contributed by atoms with Crippen molar-refractivity contribution in [2.75, 3.05) is 0 Å². The summed E-state index contributed by atoms with van der Waals surface area (Å²) < 4.78 is 0. The van der Waals surface area contributed by atoms with Crippen LogP contribution >= 0.6 is 11.8 Å². The van der Waals surface area contributed by atoms with E-state index in [1.165, 1.54) is 0 Å². The van der Waals surface area contributed by atoms with Crippen LogP contribution in [0.2, 0.25) is 0 Å². The molecule has 4 heteroatoms. The van der Waals surface area contributed by atoms with E-state index in [1.54, 1.807) is 16.7 Å². The summed E-state index contributed by atoms with van der Waals surface area (Å²) in [5, 5.41) is 2.34. The summed E-state index contributed by atoms with van der Waals surface area (Å²) in [6.07, 6.45) is 3.66. The van der Waals surface area contributed by atoms with Crippen LogP contribution in [0.5, 0.6) is 0 Å². The van der Waals surface area contributed by atoms with Gasteiger partial charge in [-0.15, -0.1) is 11.8 Å². The first-order valence-electron chi connectivity index (χ1n) is 4.64. The average molecular weight is 198 g/mol. The molecule has 3 nitrogen and oxygen atoms in total. The van der Waals surface area contributed by atoms with Gasteiger partial charge in [-0.3, -0.25) is 4.79 Å². The second kappa shape index (κ2) is 3.35. The molecule has 0 bridgehead atoms. The predicted octanol–water partition coefficient (Wildman–Crippen LogP) is 1.12. The maximum absolute atomic E-state index is 11.5. The van der Waals surface area contributed by atoms with Crippen molar-refractivity contribution in [3.8, 4) is 0 Å². The highest BCUT2D eigenvalue weighted by Crippen LogP contribution is 2.42. The zero-order valence-electron chi connectivity index (χ0n) is 7.64. The molecule has 0 aromatic rings. The van der Waals surface area contributed by atoms with Gasteiger partial charge >= 0.3 is 0 Å². The predicted molar refractivity (Wildman–Crippen MR) is 53.7 cm³/mol. The molecular weight excluding hydrogens is 184 g/mol. The van der Waals surface area contributed by atoms with Crippen LogP contribution in [0.15, 0.2) is 11.6 Å². The molecule has 0 aliphatic carbocycles. The summed E-state index contributed by atoms with van der Waals surface area (Å²) >= 11 is 1.73. The Bertz CT molecular complexity index is 254. The van der Waals surface area contributed by atoms with E-state index in [-0.39, 0.29) is 17.9 Å². The largest absolute Gasteiger partial charge is 0.328 e. The van der Waals surface area contributed by atoms with Crippen molar-refractivity contribution in [2.24, 2.45) is 11.7 Å². The molecule has 2 unspecified atom stereocenters. The van der Waals surface area contributed by atoms with Gasteiger partial charge in [-0.05, 0) is 18.2 Å². The number of β-lactam (4-membered cyclic amide) rings is 1. The van der Waals surface area contributed by atoms with Gasteiger partial charge in [0.25, 0.3) is 0 Å². The number of rotatable bonds is 3. The van der Waals surface area contributed by atoms with Crippen molar-refractivity contribution in [1.82, 2.24) is 4.90 Å². The third-order valence-electron chi connectivity index (χ3n) is 2.71. The lowest BCUT2D eigenvalue weighted by Crippen LogP contribution is -2.55. The van der Waals surface area contributed by atoms with Gasteiger partial charge in [0.05, 0.1) is 11.3 Å². The smallest absolute Gasteiger partial charge is 0.233 e. The topological polar surface area (TPSA) is 46.3 Å². The van der Waals surface area contributed by atoms with Gasteiger partial charge in [-0.25, -0.2) is 0 Å². The van der Waals surface area contributed by atoms with E-state index in [9.17, 15) is 4.79 Å². The van der Waals surface area contributed by atoms with Gasteiger partial charge in [0, 0.05) is 12.2 Å². The minimum atomic E-state index is 0.162. The fourth-order valence-electron chi connectivity index (χ4n) is 1.76. The minimum absolute atomic E-state index is 0.162. The molecule has 2 aliphatic rings. The van der Waals surface area contributed by atoms with Crippen molar-refractivity contribution in [1.29, 1.82) is 0 Å². The second-order valence-corrected chi connectivity index (χ2v) is 4.60. The zero-order valence-corrected chi connectivity index (χ0v) is 8.46. The maximum Gasteiger partial charge on any atom is 0.233 e. The van der Waals surface area contributed by atoms with Crippen LogP contribution in [0.1, 0.15) is 19.8 Å². The summed E-state index contributed by atoms with van der Waals surface area (Å²) in [5.41, 5.74) is 5.83. The lowest BCUT2D eigenvalue weighted by atomic mass is 9.90. The van der Waals surface area contributed by atoms with E-state index in [0.29, 0.717) is 5.37 Å². The van der Waals surface area contributed by atoms with Crippen LogP contribution in [-0.2, 0) is 4.79 Å². The molecule has 0 aromatic heterocycles. The molecule has 13 heavy (non-hydrogen) atoms. The number of hydrogen-bond donors (Lipinski definition) is 1. The Labute approximate surface area is 82.3 Å². The molecule has 72 valence electrons. The van der Waals surface area contributed by atoms with E-state index in [2.05, 4.69) is 6.92 Å². The first-order chi connectivity index (χ1) is 6.24. The van der Waals surface area contributed by atoms with E-state index in [1.807, 2.05) is 11.6 Å². The molecule has 2 heterocycles. The van der Waals surface area contributed by atoms with Gasteiger partial charge in [0.1, 0.15) is 0 Å². The van der Waals surface area contributed by atoms with Crippen molar-refractivity contribution >= 4 is 17.7 Å². The molecule has 1 fully saturated rings. The van der Waals surface area contributed by atoms with Crippen molar-refractivity contribution in [2.45, 2.75) is 31.2 Å². The van der Waals surface area contributed by atoms with Crippen LogP contribution in [0, 0.1) is 5.92 Å². The van der Waals surface area contributed by atoms with Gasteiger partial charge < -0.3 is 10.6 Å². The fraction of sp³-hybridized carbons (Fsp3) is 0.667. The molecule has 3 atom stereocenters. The van der Waals surface area contributed by atoms with Gasteiger partial charge in [-0.2, -0.15) is 0 Å². The summed E-state index contributed by atoms with van der Waals surface area (Å²) in [6, 6.07) is 0.178. The zero-order chi connectivity index (χ0) is 9.42. The molecule has 0 aromatic carbocycles. The van der Waals surface area contributed by atoms with Gasteiger partial charge in [0.2, 0.25) is 5.91 Å². The fourth-order valence-corrected chi connectivity index (χ4v) is 2.85. The summed E-state index contributed by atoms with van der Waals surface area (Å²) in [7, 11) is 0. The molecule has 0 spiro atoms. The number of fused-ring (bicyclic) bond motifs is 1. The first-order valence-corrected chi connectivity index (χ1v) is 5.58. The van der Waals surface area contributed by atoms with Crippen molar-refractivity contribution in [3.63, 3.8) is 0 Å². The molecule has 2 N–H and O–H groups in total. The Hall–Kier alpha value is -0.480. The third-order valence-corrected chi connectivity index (χ3v) is 3.82. The van der Waals surface area contributed by atoms with Crippen LogP contribution in [0.3, 0.4) is 0 Å². The van der Waals surface area contributed by atoms with E-state index < -0.39 is 0 Å². The van der Waals surface area contributed by atoms with E-state index in [0.717, 1.165) is 12.8 Å². The highest BCUT2D eigenvalue weighted by Gasteiger charge is 2.48. The van der Waals surface area contributed by atoms with Gasteiger partial charge in [-0.1, -0.05) is 6.92 Å². The Balaban J connectivity index is 1.92. The van der Waals surface area contributed by atoms with Crippen molar-refractivity contribution < 1.29 is 4.79 Å². The summed E-state index contributed by atoms with van der Waals surface area (Å²) in [6.45, 7) is 2.06. The third kappa shape index (κ3) is 1.38. The number of nitrogens with zero attached hydrogens (tertiary/aromatic N) is 1. The van der Waals surface area contributed by atoms with Crippen LogP contribution < -0.4 is 5.73 Å². The lowest BCUT2D eigenvalue weighted by Gasteiger charge is -2.41. The SMILES string of the molecule is CCC(N)CC1C(=O)N2C=CS[C@@H]12. The molecule has 0 saturated carbocycles. The Kier molecular flexibility index (Phi) is 2.34. The molecule has 1 saturated heterocycles. The number of nitrogens with two attached hydrogens (primary N) is 1. The van der Waals surface area contributed by atoms with E-state index in [4.69, 9.17) is 5.73 Å². The number of hydrogen-bond acceptors (Lipinski definition) is 3. The monoisotopic (exact) mass is 198 g/mol. The number of carbonyl (C=O) groups excluding carboxylic acids is 1.